The van der Waals surface area contributed by atoms with Gasteiger partial charge in [0.2, 0.25) is 0 Å². The first kappa shape index (κ1) is 13.1. The molecule has 0 saturated carbocycles. The van der Waals surface area contributed by atoms with Crippen LogP contribution in [0.2, 0.25) is 0 Å². The number of benzene rings is 1. The van der Waals surface area contributed by atoms with Crippen molar-refractivity contribution in [2.24, 2.45) is 0 Å². The minimum absolute atomic E-state index is 0.477. The molecule has 2 aromatic rings. The predicted molar refractivity (Wildman–Crippen MR) is 71.8 cm³/mol. The van der Waals surface area contributed by atoms with Crippen LogP contribution in [-0.2, 0) is 6.42 Å². The summed E-state index contributed by atoms with van der Waals surface area (Å²) in [5.41, 5.74) is 1.63. The van der Waals surface area contributed by atoms with Crippen molar-refractivity contribution in [1.29, 1.82) is 0 Å². The Morgan fingerprint density at radius 1 is 1.21 bits per heavy atom. The lowest BCUT2D eigenvalue weighted by Crippen LogP contribution is -2.04. The fourth-order valence-corrected chi connectivity index (χ4v) is 1.76. The van der Waals surface area contributed by atoms with Gasteiger partial charge in [0, 0.05) is 18.8 Å². The van der Waals surface area contributed by atoms with Gasteiger partial charge in [0.25, 0.3) is 0 Å². The average Bonchev–Trinajstić information content (AvgIpc) is 2.48. The monoisotopic (exact) mass is 257 g/mol. The summed E-state index contributed by atoms with van der Waals surface area (Å²) < 4.78 is 10.9. The number of aromatic nitrogens is 1. The lowest BCUT2D eigenvalue weighted by atomic mass is 10.2. The highest BCUT2D eigenvalue weighted by atomic mass is 16.5. The Balaban J connectivity index is 2.05. The highest BCUT2D eigenvalue weighted by Crippen LogP contribution is 2.29. The van der Waals surface area contributed by atoms with E-state index in [-0.39, 0.29) is 0 Å². The van der Waals surface area contributed by atoms with Crippen LogP contribution in [0.3, 0.4) is 0 Å². The van der Waals surface area contributed by atoms with E-state index in [9.17, 15) is 4.79 Å². The fraction of sp³-hybridized carbons (Fsp3) is 0.200. The van der Waals surface area contributed by atoms with Crippen LogP contribution in [0.25, 0.3) is 0 Å². The summed E-state index contributed by atoms with van der Waals surface area (Å²) >= 11 is 0. The molecule has 0 aliphatic heterocycles. The zero-order valence-corrected chi connectivity index (χ0v) is 10.7. The lowest BCUT2D eigenvalue weighted by Gasteiger charge is -2.12. The number of hydrogen-bond donors (Lipinski definition) is 0. The molecule has 19 heavy (non-hydrogen) atoms. The second kappa shape index (κ2) is 6.54. The van der Waals surface area contributed by atoms with Gasteiger partial charge < -0.3 is 9.47 Å². The predicted octanol–water partition coefficient (Wildman–Crippen LogP) is 2.52. The Labute approximate surface area is 112 Å². The van der Waals surface area contributed by atoms with E-state index < -0.39 is 0 Å². The average molecular weight is 257 g/mol. The van der Waals surface area contributed by atoms with Crippen LogP contribution in [0, 0.1) is 0 Å². The summed E-state index contributed by atoms with van der Waals surface area (Å²) in [5.74, 6) is 1.06. The van der Waals surface area contributed by atoms with E-state index in [0.717, 1.165) is 18.3 Å². The minimum Gasteiger partial charge on any atom is -0.493 e. The first-order chi connectivity index (χ1) is 9.35. The Morgan fingerprint density at radius 2 is 2.00 bits per heavy atom. The molecule has 0 saturated heterocycles. The topological polar surface area (TPSA) is 48.4 Å². The van der Waals surface area contributed by atoms with Crippen molar-refractivity contribution in [3.8, 4) is 11.5 Å². The molecule has 0 aliphatic rings. The number of carbonyl (C=O) groups excluding carboxylic acids is 1. The van der Waals surface area contributed by atoms with E-state index in [1.807, 2.05) is 12.1 Å². The number of rotatable bonds is 6. The molecule has 1 aromatic carbocycles. The van der Waals surface area contributed by atoms with Crippen molar-refractivity contribution < 1.29 is 14.3 Å². The maximum absolute atomic E-state index is 11.0. The molecule has 98 valence electrons. The summed E-state index contributed by atoms with van der Waals surface area (Å²) in [6.45, 7) is 0.477. The third-order valence-corrected chi connectivity index (χ3v) is 2.74. The molecule has 4 heteroatoms. The molecule has 0 amide bonds. The molecule has 4 nitrogen and oxygen atoms in total. The summed E-state index contributed by atoms with van der Waals surface area (Å²) in [6.07, 6.45) is 5.01. The van der Waals surface area contributed by atoms with Gasteiger partial charge in [0.15, 0.2) is 17.8 Å². The van der Waals surface area contributed by atoms with Gasteiger partial charge in [0.05, 0.1) is 19.3 Å². The summed E-state index contributed by atoms with van der Waals surface area (Å²) in [7, 11) is 1.56. The molecule has 0 aliphatic carbocycles. The van der Waals surface area contributed by atoms with Crippen molar-refractivity contribution in [3.63, 3.8) is 0 Å². The molecule has 0 unspecified atom stereocenters. The third kappa shape index (κ3) is 3.31. The van der Waals surface area contributed by atoms with Crippen molar-refractivity contribution in [3.05, 3.63) is 53.9 Å². The highest BCUT2D eigenvalue weighted by Gasteiger charge is 2.09. The van der Waals surface area contributed by atoms with Crippen LogP contribution in [0.5, 0.6) is 11.5 Å². The maximum Gasteiger partial charge on any atom is 0.171 e. The first-order valence-electron chi connectivity index (χ1n) is 5.99. The second-order valence-corrected chi connectivity index (χ2v) is 3.95. The van der Waals surface area contributed by atoms with E-state index in [2.05, 4.69) is 4.98 Å². The van der Waals surface area contributed by atoms with E-state index in [1.165, 1.54) is 0 Å². The number of aldehydes is 1. The minimum atomic E-state index is 0.477. The molecule has 0 bridgehead atoms. The number of pyridine rings is 1. The largest absolute Gasteiger partial charge is 0.493 e. The highest BCUT2D eigenvalue weighted by molar-refractivity contribution is 5.81. The van der Waals surface area contributed by atoms with Crippen molar-refractivity contribution in [2.75, 3.05) is 13.7 Å². The number of methoxy groups -OCH3 is 1. The third-order valence-electron chi connectivity index (χ3n) is 2.74. The molecule has 0 radical (unpaired) electrons. The molecule has 0 atom stereocenters. The number of para-hydroxylation sites is 1. The molecule has 2 rings (SSSR count). The van der Waals surface area contributed by atoms with Crippen LogP contribution in [0.15, 0.2) is 42.7 Å². The molecule has 0 N–H and O–H groups in total. The fourth-order valence-electron chi connectivity index (χ4n) is 1.76. The normalized spacial score (nSPS) is 9.95. The molecule has 1 heterocycles. The van der Waals surface area contributed by atoms with E-state index in [1.54, 1.807) is 37.7 Å². The van der Waals surface area contributed by atoms with Crippen LogP contribution >= 0.6 is 0 Å². The maximum atomic E-state index is 11.0. The second-order valence-electron chi connectivity index (χ2n) is 3.95. The molecule has 0 spiro atoms. The summed E-state index contributed by atoms with van der Waals surface area (Å²) in [6, 6.07) is 9.11. The Hall–Kier alpha value is -2.36. The van der Waals surface area contributed by atoms with Gasteiger partial charge in [-0.15, -0.1) is 0 Å². The SMILES string of the molecule is COc1cccc(C=O)c1OCCc1ccncc1. The van der Waals surface area contributed by atoms with Gasteiger partial charge in [-0.2, -0.15) is 0 Å². The van der Waals surface area contributed by atoms with Crippen molar-refractivity contribution in [2.45, 2.75) is 6.42 Å². The van der Waals surface area contributed by atoms with Crippen LogP contribution in [0.4, 0.5) is 0 Å². The van der Waals surface area contributed by atoms with Crippen molar-refractivity contribution >= 4 is 6.29 Å². The molecule has 0 fully saturated rings. The smallest absolute Gasteiger partial charge is 0.171 e. The van der Waals surface area contributed by atoms with Gasteiger partial charge in [0.1, 0.15) is 0 Å². The van der Waals surface area contributed by atoms with E-state index >= 15 is 0 Å². The number of nitrogens with zero attached hydrogens (tertiary/aromatic N) is 1. The quantitative estimate of drug-likeness (QED) is 0.746. The van der Waals surface area contributed by atoms with E-state index in [0.29, 0.717) is 23.7 Å². The molecule has 1 aromatic heterocycles. The first-order valence-corrected chi connectivity index (χ1v) is 5.99. The number of carbonyl (C=O) groups is 1. The summed E-state index contributed by atoms with van der Waals surface area (Å²) in [4.78, 5) is 14.9. The molecular formula is C15H15NO3. The van der Waals surface area contributed by atoms with Crippen LogP contribution in [0.1, 0.15) is 15.9 Å². The van der Waals surface area contributed by atoms with Crippen LogP contribution in [-0.4, -0.2) is 25.0 Å². The summed E-state index contributed by atoms with van der Waals surface area (Å²) in [5, 5.41) is 0. The Morgan fingerprint density at radius 3 is 2.68 bits per heavy atom. The van der Waals surface area contributed by atoms with Crippen molar-refractivity contribution in [1.82, 2.24) is 4.98 Å². The van der Waals surface area contributed by atoms with Gasteiger partial charge in [-0.25, -0.2) is 0 Å². The zero-order valence-electron chi connectivity index (χ0n) is 10.7. The Kier molecular flexibility index (Phi) is 4.50. The lowest BCUT2D eigenvalue weighted by molar-refractivity contribution is 0.111. The van der Waals surface area contributed by atoms with Gasteiger partial charge in [-0.3, -0.25) is 9.78 Å². The van der Waals surface area contributed by atoms with Gasteiger partial charge in [-0.05, 0) is 29.8 Å². The standard InChI is InChI=1S/C15H15NO3/c1-18-14-4-2-3-13(11-17)15(14)19-10-7-12-5-8-16-9-6-12/h2-6,8-9,11H,7,10H2,1H3. The van der Waals surface area contributed by atoms with Gasteiger partial charge >= 0.3 is 0 Å². The van der Waals surface area contributed by atoms with Gasteiger partial charge in [-0.1, -0.05) is 6.07 Å². The number of ether oxygens (including phenoxy) is 2. The van der Waals surface area contributed by atoms with Crippen LogP contribution < -0.4 is 9.47 Å². The zero-order chi connectivity index (χ0) is 13.5. The number of hydrogen-bond acceptors (Lipinski definition) is 4. The molecular weight excluding hydrogens is 242 g/mol. The Bertz CT molecular complexity index is 540. The van der Waals surface area contributed by atoms with E-state index in [4.69, 9.17) is 9.47 Å².